The molecular formula is C35H44N3OPd-. The van der Waals surface area contributed by atoms with E-state index in [4.69, 9.17) is 0 Å². The molecule has 0 bridgehead atoms. The van der Waals surface area contributed by atoms with Crippen LogP contribution in [-0.2, 0) is 23.5 Å². The summed E-state index contributed by atoms with van der Waals surface area (Å²) in [6, 6.07) is 23.6. The van der Waals surface area contributed by atoms with E-state index in [0.29, 0.717) is 23.7 Å². The second-order valence-electron chi connectivity index (χ2n) is 11.4. The van der Waals surface area contributed by atoms with Crippen LogP contribution in [0.5, 0.6) is 0 Å². The number of imidazole rings is 1. The fourth-order valence-electron chi connectivity index (χ4n) is 4.92. The maximum absolute atomic E-state index is 10.5. The molecule has 0 saturated heterocycles. The molecule has 5 heteroatoms. The Morgan fingerprint density at radius 3 is 1.38 bits per heavy atom. The number of hydrogen-bond donors (Lipinski definition) is 1. The molecule has 0 unspecified atom stereocenters. The number of nitrogens with one attached hydrogen (secondary N) is 1. The minimum absolute atomic E-state index is 0.0672. The summed E-state index contributed by atoms with van der Waals surface area (Å²) >= 11 is 3.64. The molecule has 40 heavy (non-hydrogen) atoms. The van der Waals surface area contributed by atoms with E-state index in [1.54, 1.807) is 12.1 Å². The molecule has 1 amide bonds. The number of benzene rings is 3. The zero-order valence-corrected chi connectivity index (χ0v) is 26.9. The van der Waals surface area contributed by atoms with E-state index >= 15 is 0 Å². The van der Waals surface area contributed by atoms with E-state index in [1.165, 1.54) is 40.6 Å². The molecule has 3 aromatic carbocycles. The van der Waals surface area contributed by atoms with E-state index in [-0.39, 0.29) is 5.91 Å². The fraction of sp³-hybridized carbons (Fsp3) is 0.371. The third-order valence-corrected chi connectivity index (χ3v) is 7.67. The van der Waals surface area contributed by atoms with Crippen molar-refractivity contribution in [2.75, 3.05) is 5.32 Å². The quantitative estimate of drug-likeness (QED) is 0.161. The number of para-hydroxylation sites is 3. The predicted molar refractivity (Wildman–Crippen MR) is 164 cm³/mol. The molecule has 0 aliphatic carbocycles. The van der Waals surface area contributed by atoms with E-state index < -0.39 is 0 Å². The molecule has 4 rings (SSSR count). The number of anilines is 1. The summed E-state index contributed by atoms with van der Waals surface area (Å²) in [5, 5.41) is 2.61. The van der Waals surface area contributed by atoms with Gasteiger partial charge in [-0.05, 0) is 0 Å². The Labute approximate surface area is 251 Å². The first-order valence-electron chi connectivity index (χ1n) is 14.2. The van der Waals surface area contributed by atoms with Crippen LogP contribution in [0.3, 0.4) is 0 Å². The molecule has 0 radical (unpaired) electrons. The van der Waals surface area contributed by atoms with E-state index in [0.717, 1.165) is 9.58 Å². The minimum atomic E-state index is -0.0672. The summed E-state index contributed by atoms with van der Waals surface area (Å²) in [7, 11) is 0. The Balaban J connectivity index is 0.000000371. The van der Waals surface area contributed by atoms with Gasteiger partial charge >= 0.3 is 193 Å². The number of nitrogens with zero attached hydrogens (tertiary/aromatic N) is 2. The monoisotopic (exact) mass is 628 g/mol. The van der Waals surface area contributed by atoms with Gasteiger partial charge in [0, 0.05) is 6.92 Å². The van der Waals surface area contributed by atoms with Gasteiger partial charge in [-0.1, -0.05) is 5.69 Å². The van der Waals surface area contributed by atoms with Crippen molar-refractivity contribution in [2.24, 2.45) is 0 Å². The number of carbonyl (C=O) groups excluding carboxylic acids is 1. The van der Waals surface area contributed by atoms with E-state index in [2.05, 4.69) is 143 Å². The van der Waals surface area contributed by atoms with Crippen LogP contribution < -0.4 is 5.32 Å². The summed E-state index contributed by atoms with van der Waals surface area (Å²) in [5.74, 6) is 1.77. The van der Waals surface area contributed by atoms with Gasteiger partial charge in [-0.15, -0.1) is 6.07 Å². The van der Waals surface area contributed by atoms with Gasteiger partial charge in [0.2, 0.25) is 5.91 Å². The van der Waals surface area contributed by atoms with Crippen molar-refractivity contribution in [3.63, 3.8) is 0 Å². The van der Waals surface area contributed by atoms with Crippen molar-refractivity contribution < 1.29 is 23.5 Å². The molecule has 1 aromatic heterocycles. The number of aromatic nitrogens is 2. The van der Waals surface area contributed by atoms with Gasteiger partial charge in [0.25, 0.3) is 0 Å². The molecular weight excluding hydrogens is 585 g/mol. The number of carbonyl (C=O) groups is 1. The van der Waals surface area contributed by atoms with Crippen molar-refractivity contribution in [2.45, 2.75) is 86.0 Å². The Morgan fingerprint density at radius 1 is 0.675 bits per heavy atom. The Kier molecular flexibility index (Phi) is 11.1. The first-order valence-corrected chi connectivity index (χ1v) is 15.0. The molecule has 0 fully saturated rings. The topological polar surface area (TPSA) is 39.0 Å². The third kappa shape index (κ3) is 7.39. The summed E-state index contributed by atoms with van der Waals surface area (Å²) in [5.41, 5.74) is 8.90. The first kappa shape index (κ1) is 31.5. The van der Waals surface area contributed by atoms with Crippen LogP contribution in [0.1, 0.15) is 108 Å². The molecule has 4 nitrogen and oxygen atoms in total. The Hall–Kier alpha value is -3.00. The second kappa shape index (κ2) is 14.1. The molecule has 0 aliphatic heterocycles. The van der Waals surface area contributed by atoms with Crippen LogP contribution >= 0.6 is 0 Å². The normalized spacial score (nSPS) is 11.3. The van der Waals surface area contributed by atoms with Crippen molar-refractivity contribution in [3.05, 3.63) is 105 Å². The summed E-state index contributed by atoms with van der Waals surface area (Å²) in [6.45, 7) is 19.7. The third-order valence-electron chi connectivity index (χ3n) is 6.92. The average Bonchev–Trinajstić information content (AvgIpc) is 3.28. The summed E-state index contributed by atoms with van der Waals surface area (Å²) < 4.78 is 5.78. The van der Waals surface area contributed by atoms with Crippen LogP contribution in [0, 0.1) is 9.96 Å². The molecule has 0 spiro atoms. The molecule has 216 valence electrons. The second-order valence-corrected chi connectivity index (χ2v) is 12.1. The van der Waals surface area contributed by atoms with Crippen molar-refractivity contribution in [1.82, 2.24) is 9.13 Å². The van der Waals surface area contributed by atoms with Gasteiger partial charge in [-0.3, -0.25) is 4.79 Å². The predicted octanol–water partition coefficient (Wildman–Crippen LogP) is 9.29. The SMILES string of the molecule is CC(=O)Nc1[c-]cccc1.CC(C)c1cccc(C(C)C)c1-n1ccn(-c2c(C(C)C)cccc2C(C)C)[c]1=[Pd]. The maximum atomic E-state index is 10.5. The Bertz CT molecular complexity index is 1340. The van der Waals surface area contributed by atoms with Gasteiger partial charge in [0.05, 0.1) is 0 Å². The van der Waals surface area contributed by atoms with E-state index in [1.807, 2.05) is 12.1 Å². The van der Waals surface area contributed by atoms with Crippen molar-refractivity contribution in [3.8, 4) is 11.4 Å². The molecule has 4 aromatic rings. The summed E-state index contributed by atoms with van der Waals surface area (Å²) in [6.07, 6.45) is 4.43. The standard InChI is InChI=1S/C27H36N2.C8H8NO.Pd/c1-18(2)22-11-9-12-23(19(3)4)26(22)28-15-16-29(17-28)27-24(20(5)6)13-10-14-25(27)21(7)8;1-7(10)9-8-5-3-2-4-6-8;/h9-16,18-21H,1-8H3;2-5H,1H3,(H,9,10);/q;-1;. The van der Waals surface area contributed by atoms with Crippen LogP contribution in [0.4, 0.5) is 5.69 Å². The number of rotatable bonds is 7. The van der Waals surface area contributed by atoms with Gasteiger partial charge in [-0.2, -0.15) is 24.3 Å². The van der Waals surface area contributed by atoms with Crippen molar-refractivity contribution in [1.29, 1.82) is 0 Å². The van der Waals surface area contributed by atoms with Crippen LogP contribution in [-0.4, -0.2) is 15.0 Å². The Morgan fingerprint density at radius 2 is 1.07 bits per heavy atom. The molecule has 0 saturated carbocycles. The van der Waals surface area contributed by atoms with Gasteiger partial charge < -0.3 is 5.32 Å². The van der Waals surface area contributed by atoms with Gasteiger partial charge in [-0.25, -0.2) is 0 Å². The zero-order chi connectivity index (χ0) is 29.6. The molecule has 1 N–H and O–H groups in total. The average molecular weight is 629 g/mol. The first-order chi connectivity index (χ1) is 18.9. The van der Waals surface area contributed by atoms with Crippen LogP contribution in [0.15, 0.2) is 73.1 Å². The fourth-order valence-corrected chi connectivity index (χ4v) is 5.50. The van der Waals surface area contributed by atoms with Gasteiger partial charge in [0.15, 0.2) is 0 Å². The molecule has 1 heterocycles. The van der Waals surface area contributed by atoms with Crippen LogP contribution in [0.25, 0.3) is 11.4 Å². The molecule has 0 atom stereocenters. The number of amides is 1. The van der Waals surface area contributed by atoms with Crippen LogP contribution in [0.2, 0.25) is 0 Å². The zero-order valence-electron chi connectivity index (χ0n) is 25.4. The summed E-state index contributed by atoms with van der Waals surface area (Å²) in [4.78, 5) is 10.5. The number of hydrogen-bond acceptors (Lipinski definition) is 1. The molecule has 0 aliphatic rings. The van der Waals surface area contributed by atoms with Crippen molar-refractivity contribution >= 4 is 11.6 Å². The van der Waals surface area contributed by atoms with Gasteiger partial charge in [0.1, 0.15) is 0 Å². The van der Waals surface area contributed by atoms with E-state index in [9.17, 15) is 4.79 Å².